The zero-order chi connectivity index (χ0) is 10.1. The lowest BCUT2D eigenvalue weighted by molar-refractivity contribution is -0.677. The number of rotatable bonds is 1. The molecule has 0 unspecified atom stereocenters. The summed E-state index contributed by atoms with van der Waals surface area (Å²) < 4.78 is 2.21. The summed E-state index contributed by atoms with van der Waals surface area (Å²) in [5, 5.41) is 2.73. The number of nitrogens with zero attached hydrogens (tertiary/aromatic N) is 1. The van der Waals surface area contributed by atoms with Gasteiger partial charge in [-0.05, 0) is 18.4 Å². The molecule has 0 spiro atoms. The third-order valence-electron chi connectivity index (χ3n) is 2.76. The van der Waals surface area contributed by atoms with E-state index in [0.29, 0.717) is 0 Å². The molecule has 14 heavy (non-hydrogen) atoms. The quantitative estimate of drug-likeness (QED) is 0.603. The molecule has 0 aliphatic rings. The molecule has 0 saturated heterocycles. The van der Waals surface area contributed by atoms with Crippen molar-refractivity contribution in [3.8, 4) is 0 Å². The Balaban J connectivity index is 2.84. The van der Waals surface area contributed by atoms with Crippen LogP contribution in [0.4, 0.5) is 0 Å². The normalized spacial score (nSPS) is 10.8. The summed E-state index contributed by atoms with van der Waals surface area (Å²) in [5.74, 6) is 0. The Morgan fingerprint density at radius 3 is 2.71 bits per heavy atom. The first kappa shape index (κ1) is 9.20. The van der Waals surface area contributed by atoms with Crippen LogP contribution in [0.25, 0.3) is 10.8 Å². The van der Waals surface area contributed by atoms with Crippen LogP contribution in [0.3, 0.4) is 0 Å². The van der Waals surface area contributed by atoms with Gasteiger partial charge in [-0.15, -0.1) is 0 Å². The molecule has 1 heterocycles. The summed E-state index contributed by atoms with van der Waals surface area (Å²) in [7, 11) is 2.11. The Bertz CT molecular complexity index is 467. The van der Waals surface area contributed by atoms with Crippen molar-refractivity contribution in [3.05, 3.63) is 41.7 Å². The minimum Gasteiger partial charge on any atom is -0.205 e. The second-order valence-corrected chi connectivity index (χ2v) is 3.82. The second-order valence-electron chi connectivity index (χ2n) is 3.82. The molecule has 0 aliphatic heterocycles. The van der Waals surface area contributed by atoms with Gasteiger partial charge in [0, 0.05) is 17.9 Å². The van der Waals surface area contributed by atoms with E-state index in [0.717, 1.165) is 6.42 Å². The number of fused-ring (bicyclic) bond motifs is 1. The molecule has 72 valence electrons. The fraction of sp³-hybridized carbons (Fsp3) is 0.308. The van der Waals surface area contributed by atoms with Crippen LogP contribution >= 0.6 is 0 Å². The molecular formula is C13H16N+. The lowest BCUT2D eigenvalue weighted by atomic mass is 10.1. The van der Waals surface area contributed by atoms with E-state index in [4.69, 9.17) is 0 Å². The van der Waals surface area contributed by atoms with E-state index in [-0.39, 0.29) is 0 Å². The number of hydrogen-bond acceptors (Lipinski definition) is 0. The monoisotopic (exact) mass is 186 g/mol. The fourth-order valence-corrected chi connectivity index (χ4v) is 1.98. The average Bonchev–Trinajstić information content (AvgIpc) is 2.17. The Morgan fingerprint density at radius 1 is 1.21 bits per heavy atom. The van der Waals surface area contributed by atoms with Crippen molar-refractivity contribution in [1.82, 2.24) is 0 Å². The molecule has 1 aromatic heterocycles. The predicted octanol–water partition coefficient (Wildman–Crippen LogP) is 2.54. The number of benzene rings is 1. The van der Waals surface area contributed by atoms with Crippen LogP contribution in [-0.4, -0.2) is 0 Å². The number of aryl methyl sites for hydroxylation is 3. The van der Waals surface area contributed by atoms with Gasteiger partial charge in [0.15, 0.2) is 11.9 Å². The Hall–Kier alpha value is -1.37. The van der Waals surface area contributed by atoms with Gasteiger partial charge < -0.3 is 0 Å². The van der Waals surface area contributed by atoms with Crippen molar-refractivity contribution in [1.29, 1.82) is 0 Å². The van der Waals surface area contributed by atoms with Gasteiger partial charge in [0.1, 0.15) is 7.05 Å². The highest BCUT2D eigenvalue weighted by molar-refractivity contribution is 5.84. The molecule has 1 heteroatoms. The van der Waals surface area contributed by atoms with Crippen LogP contribution in [-0.2, 0) is 13.5 Å². The van der Waals surface area contributed by atoms with Gasteiger partial charge in [-0.2, -0.15) is 0 Å². The fourth-order valence-electron chi connectivity index (χ4n) is 1.98. The third-order valence-corrected chi connectivity index (χ3v) is 2.76. The first-order chi connectivity index (χ1) is 6.72. The lowest BCUT2D eigenvalue weighted by Gasteiger charge is -2.03. The number of aromatic nitrogens is 1. The highest BCUT2D eigenvalue weighted by atomic mass is 14.9. The van der Waals surface area contributed by atoms with E-state index < -0.39 is 0 Å². The first-order valence-electron chi connectivity index (χ1n) is 5.10. The van der Waals surface area contributed by atoms with Gasteiger partial charge in [-0.3, -0.25) is 0 Å². The smallest absolute Gasteiger partial charge is 0.188 e. The van der Waals surface area contributed by atoms with E-state index in [1.165, 1.54) is 22.0 Å². The molecule has 0 amide bonds. The maximum Gasteiger partial charge on any atom is 0.188 e. The van der Waals surface area contributed by atoms with E-state index in [1.54, 1.807) is 0 Å². The van der Waals surface area contributed by atoms with Crippen molar-refractivity contribution in [3.63, 3.8) is 0 Å². The number of hydrogen-bond donors (Lipinski definition) is 0. The van der Waals surface area contributed by atoms with Gasteiger partial charge in [0.2, 0.25) is 0 Å². The largest absolute Gasteiger partial charge is 0.205 e. The highest BCUT2D eigenvalue weighted by Gasteiger charge is 2.09. The van der Waals surface area contributed by atoms with Gasteiger partial charge in [0.25, 0.3) is 0 Å². The summed E-state index contributed by atoms with van der Waals surface area (Å²) in [4.78, 5) is 0. The summed E-state index contributed by atoms with van der Waals surface area (Å²) in [6, 6.07) is 8.81. The molecule has 0 radical (unpaired) electrons. The summed E-state index contributed by atoms with van der Waals surface area (Å²) in [5.41, 5.74) is 2.74. The van der Waals surface area contributed by atoms with Crippen molar-refractivity contribution in [2.45, 2.75) is 20.3 Å². The zero-order valence-electron chi connectivity index (χ0n) is 9.04. The minimum absolute atomic E-state index is 1.08. The van der Waals surface area contributed by atoms with Crippen LogP contribution in [0.2, 0.25) is 0 Å². The van der Waals surface area contributed by atoms with Crippen LogP contribution in [0.5, 0.6) is 0 Å². The van der Waals surface area contributed by atoms with Crippen LogP contribution < -0.4 is 4.57 Å². The van der Waals surface area contributed by atoms with E-state index in [9.17, 15) is 0 Å². The topological polar surface area (TPSA) is 3.88 Å². The van der Waals surface area contributed by atoms with Gasteiger partial charge >= 0.3 is 0 Å². The van der Waals surface area contributed by atoms with Crippen LogP contribution in [0, 0.1) is 6.92 Å². The Morgan fingerprint density at radius 2 is 2.00 bits per heavy atom. The maximum atomic E-state index is 2.27. The van der Waals surface area contributed by atoms with Crippen molar-refractivity contribution >= 4 is 10.8 Å². The first-order valence-corrected chi connectivity index (χ1v) is 5.10. The minimum atomic E-state index is 1.08. The van der Waals surface area contributed by atoms with Crippen LogP contribution in [0.1, 0.15) is 18.2 Å². The summed E-state index contributed by atoms with van der Waals surface area (Å²) >= 11 is 0. The van der Waals surface area contributed by atoms with Crippen LogP contribution in [0.15, 0.2) is 30.5 Å². The van der Waals surface area contributed by atoms with E-state index in [1.807, 2.05) is 0 Å². The van der Waals surface area contributed by atoms with Crippen molar-refractivity contribution < 1.29 is 4.57 Å². The van der Waals surface area contributed by atoms with Gasteiger partial charge in [-0.25, -0.2) is 4.57 Å². The molecule has 0 aliphatic carbocycles. The van der Waals surface area contributed by atoms with Crippen molar-refractivity contribution in [2.24, 2.45) is 7.05 Å². The predicted molar refractivity (Wildman–Crippen MR) is 59.2 cm³/mol. The Labute approximate surface area is 85.0 Å². The van der Waals surface area contributed by atoms with E-state index in [2.05, 4.69) is 55.9 Å². The lowest BCUT2D eigenvalue weighted by Crippen LogP contribution is -2.32. The average molecular weight is 186 g/mol. The maximum absolute atomic E-state index is 2.27. The molecule has 0 bridgehead atoms. The molecule has 0 atom stereocenters. The zero-order valence-corrected chi connectivity index (χ0v) is 9.04. The molecule has 1 aromatic carbocycles. The Kier molecular flexibility index (Phi) is 2.24. The van der Waals surface area contributed by atoms with Gasteiger partial charge in [0.05, 0.1) is 0 Å². The second kappa shape index (κ2) is 3.41. The highest BCUT2D eigenvalue weighted by Crippen LogP contribution is 2.17. The van der Waals surface area contributed by atoms with E-state index >= 15 is 0 Å². The third kappa shape index (κ3) is 1.39. The molecule has 0 saturated carbocycles. The molecule has 2 aromatic rings. The molecule has 1 nitrogen and oxygen atoms in total. The SMILES string of the molecule is CCc1c2cc(C)ccc2cc[n+]1C. The molecule has 2 rings (SSSR count). The number of pyridine rings is 1. The summed E-state index contributed by atoms with van der Waals surface area (Å²) in [6.45, 7) is 4.35. The summed E-state index contributed by atoms with van der Waals surface area (Å²) in [6.07, 6.45) is 3.22. The molecular weight excluding hydrogens is 170 g/mol. The van der Waals surface area contributed by atoms with Gasteiger partial charge in [-0.1, -0.05) is 24.6 Å². The molecule has 0 N–H and O–H groups in total. The molecule has 0 fully saturated rings. The van der Waals surface area contributed by atoms with Crippen molar-refractivity contribution in [2.75, 3.05) is 0 Å². The standard InChI is InChI=1S/C13H16N/c1-4-13-12-9-10(2)5-6-11(12)7-8-14(13)3/h5-9H,4H2,1-3H3/q+1.